The van der Waals surface area contributed by atoms with Gasteiger partial charge in [0.05, 0.1) is 12.3 Å². The number of nitrogens with zero attached hydrogens (tertiary/aromatic N) is 1. The van der Waals surface area contributed by atoms with Crippen LogP contribution in [0.5, 0.6) is 0 Å². The zero-order valence-electron chi connectivity index (χ0n) is 8.56. The van der Waals surface area contributed by atoms with Gasteiger partial charge in [-0.2, -0.15) is 9.98 Å². The Morgan fingerprint density at radius 3 is 2.27 bits per heavy atom. The van der Waals surface area contributed by atoms with Gasteiger partial charge in [-0.25, -0.2) is 8.42 Å². The lowest BCUT2D eigenvalue weighted by Crippen LogP contribution is -2.26. The molecule has 0 saturated carbocycles. The average molecular weight is 224 g/mol. The molecular formula is C10H12N2O2S. The van der Waals surface area contributed by atoms with E-state index < -0.39 is 16.1 Å². The van der Waals surface area contributed by atoms with Gasteiger partial charge in [0.25, 0.3) is 0 Å². The van der Waals surface area contributed by atoms with Crippen molar-refractivity contribution in [2.75, 3.05) is 6.26 Å². The summed E-state index contributed by atoms with van der Waals surface area (Å²) >= 11 is 0. The molecule has 1 N–H and O–H groups in total. The Morgan fingerprint density at radius 2 is 1.87 bits per heavy atom. The molecule has 1 aromatic rings. The average Bonchev–Trinajstić information content (AvgIpc) is 2.14. The summed E-state index contributed by atoms with van der Waals surface area (Å²) in [5, 5.41) is 8.84. The largest absolute Gasteiger partial charge is 0.213 e. The van der Waals surface area contributed by atoms with Crippen molar-refractivity contribution in [1.82, 2.24) is 4.72 Å². The minimum absolute atomic E-state index is 0.647. The SMILES string of the molecule is Cc1ccc(C(C#N)NS(C)(=O)=O)cc1. The van der Waals surface area contributed by atoms with Gasteiger partial charge in [-0.15, -0.1) is 0 Å². The van der Waals surface area contributed by atoms with Crippen molar-refractivity contribution in [3.05, 3.63) is 35.4 Å². The van der Waals surface area contributed by atoms with Gasteiger partial charge < -0.3 is 0 Å². The van der Waals surface area contributed by atoms with Crippen molar-refractivity contribution in [1.29, 1.82) is 5.26 Å². The van der Waals surface area contributed by atoms with Gasteiger partial charge in [-0.1, -0.05) is 29.8 Å². The second-order valence-corrected chi connectivity index (χ2v) is 5.14. The molecule has 15 heavy (non-hydrogen) atoms. The van der Waals surface area contributed by atoms with E-state index in [2.05, 4.69) is 4.72 Å². The lowest BCUT2D eigenvalue weighted by Gasteiger charge is -2.09. The Kier molecular flexibility index (Phi) is 3.45. The molecule has 1 atom stereocenters. The zero-order chi connectivity index (χ0) is 11.5. The number of hydrogen-bond donors (Lipinski definition) is 1. The van der Waals surface area contributed by atoms with Gasteiger partial charge in [0.15, 0.2) is 0 Å². The predicted molar refractivity (Wildman–Crippen MR) is 57.5 cm³/mol. The number of nitriles is 1. The highest BCUT2D eigenvalue weighted by Gasteiger charge is 2.14. The molecular weight excluding hydrogens is 212 g/mol. The molecule has 80 valence electrons. The van der Waals surface area contributed by atoms with Gasteiger partial charge in [-0.05, 0) is 12.5 Å². The Morgan fingerprint density at radius 1 is 1.33 bits per heavy atom. The topological polar surface area (TPSA) is 70.0 Å². The van der Waals surface area contributed by atoms with E-state index in [0.717, 1.165) is 11.8 Å². The minimum Gasteiger partial charge on any atom is -0.213 e. The van der Waals surface area contributed by atoms with E-state index in [4.69, 9.17) is 5.26 Å². The molecule has 1 aromatic carbocycles. The molecule has 0 aliphatic carbocycles. The van der Waals surface area contributed by atoms with E-state index in [1.165, 1.54) is 0 Å². The molecule has 0 fully saturated rings. The number of aryl methyl sites for hydroxylation is 1. The highest BCUT2D eigenvalue weighted by atomic mass is 32.2. The van der Waals surface area contributed by atoms with Crippen LogP contribution < -0.4 is 4.72 Å². The van der Waals surface area contributed by atoms with E-state index in [0.29, 0.717) is 5.56 Å². The summed E-state index contributed by atoms with van der Waals surface area (Å²) in [4.78, 5) is 0. The van der Waals surface area contributed by atoms with Crippen molar-refractivity contribution in [2.45, 2.75) is 13.0 Å². The maximum atomic E-state index is 11.0. The Hall–Kier alpha value is -1.38. The summed E-state index contributed by atoms with van der Waals surface area (Å²) in [5.41, 5.74) is 1.71. The Balaban J connectivity index is 2.95. The van der Waals surface area contributed by atoms with Crippen molar-refractivity contribution >= 4 is 10.0 Å². The van der Waals surface area contributed by atoms with Crippen LogP contribution in [0.4, 0.5) is 0 Å². The summed E-state index contributed by atoms with van der Waals surface area (Å²) < 4.78 is 24.2. The van der Waals surface area contributed by atoms with Gasteiger partial charge in [0.2, 0.25) is 10.0 Å². The van der Waals surface area contributed by atoms with Crippen LogP contribution in [0.25, 0.3) is 0 Å². The fourth-order valence-electron chi connectivity index (χ4n) is 1.14. The lowest BCUT2D eigenvalue weighted by atomic mass is 10.1. The van der Waals surface area contributed by atoms with Crippen LogP contribution >= 0.6 is 0 Å². The van der Waals surface area contributed by atoms with Gasteiger partial charge in [0, 0.05) is 0 Å². The van der Waals surface area contributed by atoms with Crippen molar-refractivity contribution in [2.24, 2.45) is 0 Å². The van der Waals surface area contributed by atoms with Gasteiger partial charge in [0.1, 0.15) is 6.04 Å². The fourth-order valence-corrected chi connectivity index (χ4v) is 1.76. The van der Waals surface area contributed by atoms with Crippen LogP contribution in [0, 0.1) is 18.3 Å². The molecule has 0 radical (unpaired) electrons. The number of sulfonamides is 1. The highest BCUT2D eigenvalue weighted by Crippen LogP contribution is 2.13. The van der Waals surface area contributed by atoms with Crippen molar-refractivity contribution < 1.29 is 8.42 Å². The standard InChI is InChI=1S/C10H12N2O2S/c1-8-3-5-9(6-4-8)10(7-11)12-15(2,13)14/h3-6,10,12H,1-2H3. The summed E-state index contributed by atoms with van der Waals surface area (Å²) in [6.45, 7) is 1.93. The maximum absolute atomic E-state index is 11.0. The van der Waals surface area contributed by atoms with E-state index in [1.807, 2.05) is 25.1 Å². The molecule has 0 bridgehead atoms. The van der Waals surface area contributed by atoms with E-state index >= 15 is 0 Å². The monoisotopic (exact) mass is 224 g/mol. The maximum Gasteiger partial charge on any atom is 0.210 e. The van der Waals surface area contributed by atoms with E-state index in [1.54, 1.807) is 12.1 Å². The second-order valence-electron chi connectivity index (χ2n) is 3.36. The van der Waals surface area contributed by atoms with Crippen LogP contribution in [0.15, 0.2) is 24.3 Å². The smallest absolute Gasteiger partial charge is 0.210 e. The van der Waals surface area contributed by atoms with Crippen LogP contribution in [-0.2, 0) is 10.0 Å². The van der Waals surface area contributed by atoms with Gasteiger partial charge in [-0.3, -0.25) is 0 Å². The lowest BCUT2D eigenvalue weighted by molar-refractivity contribution is 0.582. The third kappa shape index (κ3) is 3.70. The Labute approximate surface area is 89.6 Å². The van der Waals surface area contributed by atoms with E-state index in [-0.39, 0.29) is 0 Å². The minimum atomic E-state index is -3.37. The highest BCUT2D eigenvalue weighted by molar-refractivity contribution is 7.88. The van der Waals surface area contributed by atoms with Crippen LogP contribution in [0.1, 0.15) is 17.2 Å². The second kappa shape index (κ2) is 4.43. The molecule has 0 amide bonds. The van der Waals surface area contributed by atoms with Crippen LogP contribution in [-0.4, -0.2) is 14.7 Å². The van der Waals surface area contributed by atoms with Crippen molar-refractivity contribution in [3.63, 3.8) is 0 Å². The first kappa shape index (κ1) is 11.7. The molecule has 0 spiro atoms. The number of hydrogen-bond acceptors (Lipinski definition) is 3. The number of benzene rings is 1. The summed E-state index contributed by atoms with van der Waals surface area (Å²) in [6, 6.07) is 8.23. The molecule has 0 aliphatic heterocycles. The molecule has 0 saturated heterocycles. The molecule has 1 unspecified atom stereocenters. The normalized spacial score (nSPS) is 13.1. The molecule has 0 aromatic heterocycles. The first-order valence-electron chi connectivity index (χ1n) is 4.36. The molecule has 1 rings (SSSR count). The first-order chi connectivity index (χ1) is 6.92. The molecule has 0 heterocycles. The summed E-state index contributed by atoms with van der Waals surface area (Å²) in [6.07, 6.45) is 1.03. The van der Waals surface area contributed by atoms with Crippen LogP contribution in [0.2, 0.25) is 0 Å². The molecule has 4 nitrogen and oxygen atoms in total. The number of nitrogens with one attached hydrogen (secondary N) is 1. The third-order valence-corrected chi connectivity index (χ3v) is 2.54. The first-order valence-corrected chi connectivity index (χ1v) is 6.25. The quantitative estimate of drug-likeness (QED) is 0.836. The summed E-state index contributed by atoms with van der Waals surface area (Å²) in [5.74, 6) is 0. The predicted octanol–water partition coefficient (Wildman–Crippen LogP) is 1.11. The molecule has 0 aliphatic rings. The van der Waals surface area contributed by atoms with E-state index in [9.17, 15) is 8.42 Å². The van der Waals surface area contributed by atoms with Crippen LogP contribution in [0.3, 0.4) is 0 Å². The summed E-state index contributed by atoms with van der Waals surface area (Å²) in [7, 11) is -3.37. The Bertz CT molecular complexity index is 471. The van der Waals surface area contributed by atoms with Crippen molar-refractivity contribution in [3.8, 4) is 6.07 Å². The third-order valence-electron chi connectivity index (χ3n) is 1.87. The van der Waals surface area contributed by atoms with Gasteiger partial charge >= 0.3 is 0 Å². The number of rotatable bonds is 3. The zero-order valence-corrected chi connectivity index (χ0v) is 9.38. The molecule has 5 heteroatoms. The fraction of sp³-hybridized carbons (Fsp3) is 0.300.